The van der Waals surface area contributed by atoms with Gasteiger partial charge < -0.3 is 10.8 Å². The van der Waals surface area contributed by atoms with Gasteiger partial charge in [0, 0.05) is 6.42 Å². The van der Waals surface area contributed by atoms with Crippen LogP contribution in [0.4, 0.5) is 9.52 Å². The minimum absolute atomic E-state index is 0.0300. The third kappa shape index (κ3) is 3.72. The molecule has 0 saturated carbocycles. The molecule has 114 valence electrons. The molecule has 2 rings (SSSR count). The summed E-state index contributed by atoms with van der Waals surface area (Å²) in [6.45, 7) is 1.75. The van der Waals surface area contributed by atoms with Gasteiger partial charge in [0.25, 0.3) is 0 Å². The van der Waals surface area contributed by atoms with E-state index in [1.165, 1.54) is 16.0 Å². The molecule has 0 aliphatic rings. The lowest BCUT2D eigenvalue weighted by atomic mass is 10.2. The van der Waals surface area contributed by atoms with E-state index in [1.54, 1.807) is 6.92 Å². The molecule has 2 heterocycles. The zero-order valence-electron chi connectivity index (χ0n) is 11.4. The molecule has 0 bridgehead atoms. The standard InChI is InChI=1S/C11H15FN6O2S/c1-2-7-9(10(19)20)15-17-18(7)5-6(12)3-4-8-14-16-11(13)21-8/h6H,2-5H2,1H3,(H2,13,16)(H,19,20)/t6-/m1/s1. The van der Waals surface area contributed by atoms with Crippen LogP contribution in [0.5, 0.6) is 0 Å². The van der Waals surface area contributed by atoms with Crippen LogP contribution in [0.3, 0.4) is 0 Å². The van der Waals surface area contributed by atoms with E-state index in [2.05, 4.69) is 20.5 Å². The van der Waals surface area contributed by atoms with E-state index in [1.807, 2.05) is 0 Å². The molecule has 0 spiro atoms. The molecule has 0 amide bonds. The van der Waals surface area contributed by atoms with Crippen LogP contribution in [0.1, 0.15) is 34.5 Å². The number of hydrogen-bond acceptors (Lipinski definition) is 7. The molecule has 10 heteroatoms. The highest BCUT2D eigenvalue weighted by Crippen LogP contribution is 2.16. The Bertz CT molecular complexity index is 628. The van der Waals surface area contributed by atoms with Crippen molar-refractivity contribution in [3.8, 4) is 0 Å². The number of carbonyl (C=O) groups is 1. The first-order valence-corrected chi connectivity index (χ1v) is 7.20. The third-order valence-electron chi connectivity index (χ3n) is 2.90. The molecule has 8 nitrogen and oxygen atoms in total. The summed E-state index contributed by atoms with van der Waals surface area (Å²) < 4.78 is 15.3. The van der Waals surface area contributed by atoms with E-state index < -0.39 is 12.1 Å². The molecule has 1 atom stereocenters. The van der Waals surface area contributed by atoms with Crippen molar-refractivity contribution in [3.05, 3.63) is 16.4 Å². The molecule has 0 aliphatic carbocycles. The number of rotatable bonds is 7. The maximum Gasteiger partial charge on any atom is 0.358 e. The highest BCUT2D eigenvalue weighted by molar-refractivity contribution is 7.15. The van der Waals surface area contributed by atoms with Crippen LogP contribution in [0.15, 0.2) is 0 Å². The molecule has 21 heavy (non-hydrogen) atoms. The van der Waals surface area contributed by atoms with Crippen LogP contribution >= 0.6 is 11.3 Å². The van der Waals surface area contributed by atoms with Gasteiger partial charge in [0.15, 0.2) is 5.69 Å². The number of anilines is 1. The number of aromatic nitrogens is 5. The van der Waals surface area contributed by atoms with Crippen LogP contribution in [0.25, 0.3) is 0 Å². The van der Waals surface area contributed by atoms with Gasteiger partial charge in [-0.05, 0) is 12.8 Å². The number of hydrogen-bond donors (Lipinski definition) is 2. The highest BCUT2D eigenvalue weighted by atomic mass is 32.1. The molecule has 0 radical (unpaired) electrons. The number of nitrogen functional groups attached to an aromatic ring is 1. The van der Waals surface area contributed by atoms with Gasteiger partial charge in [0.1, 0.15) is 11.2 Å². The van der Waals surface area contributed by atoms with Gasteiger partial charge >= 0.3 is 5.97 Å². The first-order chi connectivity index (χ1) is 10.0. The number of nitrogens with zero attached hydrogens (tertiary/aromatic N) is 5. The maximum atomic E-state index is 14.0. The molecule has 2 aromatic heterocycles. The summed E-state index contributed by atoms with van der Waals surface area (Å²) in [5.74, 6) is -1.15. The third-order valence-corrected chi connectivity index (χ3v) is 3.71. The Kier molecular flexibility index (Phi) is 4.78. The lowest BCUT2D eigenvalue weighted by Crippen LogP contribution is -2.16. The van der Waals surface area contributed by atoms with Crippen molar-refractivity contribution in [3.63, 3.8) is 0 Å². The average Bonchev–Trinajstić information content (AvgIpc) is 3.02. The smallest absolute Gasteiger partial charge is 0.358 e. The van der Waals surface area contributed by atoms with Crippen molar-refractivity contribution >= 4 is 22.4 Å². The number of nitrogens with two attached hydrogens (primary N) is 1. The second kappa shape index (κ2) is 6.57. The summed E-state index contributed by atoms with van der Waals surface area (Å²) in [6.07, 6.45) is -0.0875. The summed E-state index contributed by atoms with van der Waals surface area (Å²) >= 11 is 1.23. The van der Waals surface area contributed by atoms with Gasteiger partial charge in [-0.3, -0.25) is 0 Å². The number of alkyl halides is 1. The van der Waals surface area contributed by atoms with Crippen molar-refractivity contribution in [2.75, 3.05) is 5.73 Å². The Labute approximate surface area is 123 Å². The summed E-state index contributed by atoms with van der Waals surface area (Å²) in [7, 11) is 0. The lowest BCUT2D eigenvalue weighted by Gasteiger charge is -2.09. The van der Waals surface area contributed by atoms with E-state index in [0.717, 1.165) is 0 Å². The topological polar surface area (TPSA) is 120 Å². The largest absolute Gasteiger partial charge is 0.476 e. The van der Waals surface area contributed by atoms with E-state index in [0.29, 0.717) is 28.7 Å². The Morgan fingerprint density at radius 1 is 1.48 bits per heavy atom. The molecule has 0 aromatic carbocycles. The van der Waals surface area contributed by atoms with E-state index in [4.69, 9.17) is 10.8 Å². The summed E-state index contributed by atoms with van der Waals surface area (Å²) in [5, 5.41) is 24.8. The van der Waals surface area contributed by atoms with Crippen LogP contribution < -0.4 is 5.73 Å². The Morgan fingerprint density at radius 2 is 2.24 bits per heavy atom. The van der Waals surface area contributed by atoms with Gasteiger partial charge in [-0.15, -0.1) is 15.3 Å². The summed E-state index contributed by atoms with van der Waals surface area (Å²) in [4.78, 5) is 11.0. The van der Waals surface area contributed by atoms with Gasteiger partial charge in [0.05, 0.1) is 12.2 Å². The number of halogens is 1. The molecule has 0 fully saturated rings. The van der Waals surface area contributed by atoms with Crippen molar-refractivity contribution in [2.24, 2.45) is 0 Å². The highest BCUT2D eigenvalue weighted by Gasteiger charge is 2.19. The second-order valence-electron chi connectivity index (χ2n) is 4.40. The normalized spacial score (nSPS) is 12.5. The number of carboxylic acid groups (broad SMARTS) is 1. The Morgan fingerprint density at radius 3 is 2.81 bits per heavy atom. The number of carboxylic acids is 1. The minimum Gasteiger partial charge on any atom is -0.476 e. The average molecular weight is 314 g/mol. The Balaban J connectivity index is 1.96. The van der Waals surface area contributed by atoms with Gasteiger partial charge in [-0.2, -0.15) is 0 Å². The van der Waals surface area contributed by atoms with Crippen molar-refractivity contribution < 1.29 is 14.3 Å². The SMILES string of the molecule is CCc1c(C(=O)O)nnn1C[C@H](F)CCc1nnc(N)s1. The van der Waals surface area contributed by atoms with Crippen molar-refractivity contribution in [1.29, 1.82) is 0 Å². The predicted molar refractivity (Wildman–Crippen MR) is 73.9 cm³/mol. The maximum absolute atomic E-state index is 14.0. The van der Waals surface area contributed by atoms with E-state index in [-0.39, 0.29) is 18.7 Å². The zero-order valence-corrected chi connectivity index (χ0v) is 12.2. The molecule has 2 aromatic rings. The number of aryl methyl sites for hydroxylation is 1. The van der Waals surface area contributed by atoms with Crippen LogP contribution in [-0.2, 0) is 19.4 Å². The molecule has 0 unspecified atom stereocenters. The fourth-order valence-electron chi connectivity index (χ4n) is 1.92. The van der Waals surface area contributed by atoms with Gasteiger partial charge in [-0.1, -0.05) is 23.5 Å². The minimum atomic E-state index is -1.18. The first kappa shape index (κ1) is 15.3. The summed E-state index contributed by atoms with van der Waals surface area (Å²) in [5.41, 5.74) is 5.75. The fourth-order valence-corrected chi connectivity index (χ4v) is 2.55. The molecular weight excluding hydrogens is 299 g/mol. The second-order valence-corrected chi connectivity index (χ2v) is 5.49. The van der Waals surface area contributed by atoms with Crippen LogP contribution in [0.2, 0.25) is 0 Å². The van der Waals surface area contributed by atoms with Crippen LogP contribution in [0, 0.1) is 0 Å². The predicted octanol–water partition coefficient (Wildman–Crippen LogP) is 0.943. The first-order valence-electron chi connectivity index (χ1n) is 6.38. The van der Waals surface area contributed by atoms with Crippen molar-refractivity contribution in [1.82, 2.24) is 25.2 Å². The monoisotopic (exact) mass is 314 g/mol. The van der Waals surface area contributed by atoms with Gasteiger partial charge in [-0.25, -0.2) is 13.9 Å². The zero-order chi connectivity index (χ0) is 15.4. The molecule has 0 aliphatic heterocycles. The lowest BCUT2D eigenvalue weighted by molar-refractivity contribution is 0.0689. The summed E-state index contributed by atoms with van der Waals surface area (Å²) in [6, 6.07) is 0. The quantitative estimate of drug-likeness (QED) is 0.780. The Hall–Kier alpha value is -2.10. The van der Waals surface area contributed by atoms with Gasteiger partial charge in [0.2, 0.25) is 5.13 Å². The van der Waals surface area contributed by atoms with E-state index >= 15 is 0 Å². The molecule has 3 N–H and O–H groups in total. The van der Waals surface area contributed by atoms with E-state index in [9.17, 15) is 9.18 Å². The number of aromatic carboxylic acids is 1. The molecular formula is C11H15FN6O2S. The van der Waals surface area contributed by atoms with Crippen LogP contribution in [-0.4, -0.2) is 42.4 Å². The van der Waals surface area contributed by atoms with Crippen molar-refractivity contribution in [2.45, 2.75) is 38.9 Å². The molecule has 0 saturated heterocycles. The fraction of sp³-hybridized carbons (Fsp3) is 0.545.